The number of ether oxygens (including phenoxy) is 2. The van der Waals surface area contributed by atoms with Gasteiger partial charge in [0.25, 0.3) is 0 Å². The van der Waals surface area contributed by atoms with Crippen molar-refractivity contribution in [2.45, 2.75) is 13.8 Å². The molecule has 144 valence electrons. The minimum absolute atomic E-state index is 0.233. The summed E-state index contributed by atoms with van der Waals surface area (Å²) < 4.78 is 13.7. The van der Waals surface area contributed by atoms with Gasteiger partial charge in [-0.2, -0.15) is 0 Å². The van der Waals surface area contributed by atoms with Crippen LogP contribution >= 0.6 is 42.3 Å². The molecule has 0 aromatic carbocycles. The number of carbonyl (C=O) groups excluding carboxylic acids is 2. The topological polar surface area (TPSA) is 62.5 Å². The summed E-state index contributed by atoms with van der Waals surface area (Å²) in [6.45, 7) is 3.88. The van der Waals surface area contributed by atoms with Crippen molar-refractivity contribution in [2.75, 3.05) is 13.2 Å². The van der Waals surface area contributed by atoms with Crippen LogP contribution in [0.4, 0.5) is 0 Å². The maximum absolute atomic E-state index is 12.0. The Bertz CT molecular complexity index is 913. The first kappa shape index (κ1) is 22.3. The molecule has 0 saturated heterocycles. The molecular formula is C16H16Cl2N2O4S2Sn. The standard InChI is InChI=1S/2C8H9NO2S.2ClH.Sn/c2*1-2-11-8(10)6-3-4-7(12)9-5-6;;;/h2*3-5H,2H2,1H3,(H,9,10,12);2*1H;/q;;;;+4/p-4. The molecule has 0 aliphatic carbocycles. The van der Waals surface area contributed by atoms with Gasteiger partial charge in [0.2, 0.25) is 0 Å². The Morgan fingerprint density at radius 3 is 1.59 bits per heavy atom. The first-order chi connectivity index (χ1) is 12.7. The summed E-state index contributed by atoms with van der Waals surface area (Å²) >= 11 is 6.18. The Hall–Kier alpha value is -0.941. The number of rotatable bonds is 6. The zero-order chi connectivity index (χ0) is 20.2. The van der Waals surface area contributed by atoms with Crippen molar-refractivity contribution in [2.24, 2.45) is 0 Å². The van der Waals surface area contributed by atoms with E-state index in [0.29, 0.717) is 9.28 Å². The van der Waals surface area contributed by atoms with Gasteiger partial charge in [0.05, 0.1) is 0 Å². The molecule has 0 aliphatic rings. The van der Waals surface area contributed by atoms with Gasteiger partial charge in [0.15, 0.2) is 0 Å². The molecule has 11 heteroatoms. The third-order valence-electron chi connectivity index (χ3n) is 3.42. The molecule has 0 radical (unpaired) electrons. The summed E-state index contributed by atoms with van der Waals surface area (Å²) in [5, 5.41) is 0. The summed E-state index contributed by atoms with van der Waals surface area (Å²) in [4.78, 5) is 24.1. The van der Waals surface area contributed by atoms with Crippen LogP contribution < -0.4 is 0 Å². The Morgan fingerprint density at radius 2 is 1.26 bits per heavy atom. The van der Waals surface area contributed by atoms with Crippen LogP contribution in [-0.2, 0) is 9.47 Å². The quantitative estimate of drug-likeness (QED) is 0.300. The van der Waals surface area contributed by atoms with Crippen molar-refractivity contribution in [1.82, 2.24) is 5.58 Å². The van der Waals surface area contributed by atoms with E-state index in [1.54, 1.807) is 38.1 Å². The molecule has 0 atom stereocenters. The van der Waals surface area contributed by atoms with Gasteiger partial charge < -0.3 is 0 Å². The molecular weight excluding hydrogens is 538 g/mol. The van der Waals surface area contributed by atoms with Crippen molar-refractivity contribution >= 4 is 70.9 Å². The van der Waals surface area contributed by atoms with Crippen molar-refractivity contribution in [3.63, 3.8) is 0 Å². The van der Waals surface area contributed by atoms with E-state index >= 15 is 0 Å². The summed E-state index contributed by atoms with van der Waals surface area (Å²) in [5.41, 5.74) is 0.529. The van der Waals surface area contributed by atoms with Crippen LogP contribution in [0.3, 0.4) is 0 Å². The molecule has 6 nitrogen and oxygen atoms in total. The van der Waals surface area contributed by atoms with Gasteiger partial charge in [-0.15, -0.1) is 0 Å². The molecule has 0 amide bonds. The second-order valence-corrected chi connectivity index (χ2v) is 20.1. The van der Waals surface area contributed by atoms with Gasteiger partial charge in [-0.05, 0) is 0 Å². The van der Waals surface area contributed by atoms with Gasteiger partial charge in [0.1, 0.15) is 0 Å². The van der Waals surface area contributed by atoms with Gasteiger partial charge in [0, 0.05) is 0 Å². The number of aromatic nitrogens is 2. The molecule has 0 unspecified atom stereocenters. The minimum atomic E-state index is -4.49. The van der Waals surface area contributed by atoms with Gasteiger partial charge >= 0.3 is 180 Å². The number of esters is 2. The Morgan fingerprint density at radius 1 is 0.889 bits per heavy atom. The molecule has 0 aliphatic heterocycles. The van der Waals surface area contributed by atoms with E-state index in [0.717, 1.165) is 0 Å². The van der Waals surface area contributed by atoms with E-state index < -0.39 is 28.6 Å². The summed E-state index contributed by atoms with van der Waals surface area (Å²) in [6.07, 6.45) is 2.93. The Labute approximate surface area is 178 Å². The van der Waals surface area contributed by atoms with Crippen LogP contribution in [0, 0.1) is 9.28 Å². The SMILES string of the molecule is CCOC(=O)c1ccc(=S)[n]([Sn]([Cl])([Cl])[n]2cc(C(=O)OCC)ccc2=S)c1. The fourth-order valence-corrected chi connectivity index (χ4v) is 13.6. The van der Waals surface area contributed by atoms with E-state index in [2.05, 4.69) is 0 Å². The van der Waals surface area contributed by atoms with Crippen LogP contribution in [0.2, 0.25) is 0 Å². The van der Waals surface area contributed by atoms with Crippen molar-refractivity contribution in [1.29, 1.82) is 0 Å². The molecule has 0 fully saturated rings. The zero-order valence-electron chi connectivity index (χ0n) is 14.5. The van der Waals surface area contributed by atoms with Gasteiger partial charge in [-0.3, -0.25) is 0 Å². The molecule has 2 heterocycles. The summed E-state index contributed by atoms with van der Waals surface area (Å²) in [6, 6.07) is 6.19. The molecule has 0 spiro atoms. The molecule has 2 aromatic heterocycles. The number of pyridine rings is 2. The van der Waals surface area contributed by atoms with E-state index in [1.807, 2.05) is 0 Å². The molecule has 0 N–H and O–H groups in total. The number of nitrogens with zero attached hydrogens (tertiary/aromatic N) is 2. The van der Waals surface area contributed by atoms with Crippen LogP contribution in [0.5, 0.6) is 0 Å². The van der Waals surface area contributed by atoms with Crippen molar-refractivity contribution < 1.29 is 19.1 Å². The van der Waals surface area contributed by atoms with Gasteiger partial charge in [-0.25, -0.2) is 0 Å². The fraction of sp³-hybridized carbons (Fsp3) is 0.250. The fourth-order valence-electron chi connectivity index (χ4n) is 2.18. The summed E-state index contributed by atoms with van der Waals surface area (Å²) in [7, 11) is 13.5. The molecule has 2 rings (SSSR count). The maximum atomic E-state index is 12.0. The number of hydrogen-bond acceptors (Lipinski definition) is 6. The first-order valence-corrected chi connectivity index (χ1v) is 18.5. The zero-order valence-corrected chi connectivity index (χ0v) is 20.5. The van der Waals surface area contributed by atoms with Crippen LogP contribution in [-0.4, -0.2) is 47.4 Å². The Balaban J connectivity index is 2.59. The third-order valence-corrected chi connectivity index (χ3v) is 15.3. The van der Waals surface area contributed by atoms with Crippen molar-refractivity contribution in [3.05, 3.63) is 57.1 Å². The monoisotopic (exact) mass is 554 g/mol. The average Bonchev–Trinajstić information content (AvgIpc) is 2.62. The van der Waals surface area contributed by atoms with E-state index in [-0.39, 0.29) is 24.3 Å². The molecule has 27 heavy (non-hydrogen) atoms. The van der Waals surface area contributed by atoms with Crippen LogP contribution in [0.25, 0.3) is 0 Å². The second kappa shape index (κ2) is 9.51. The predicted octanol–water partition coefficient (Wildman–Crippen LogP) is 4.41. The Kier molecular flexibility index (Phi) is 7.87. The van der Waals surface area contributed by atoms with Crippen LogP contribution in [0.1, 0.15) is 34.6 Å². The summed E-state index contributed by atoms with van der Waals surface area (Å²) in [5.74, 6) is -1.03. The molecule has 2 aromatic rings. The number of halogens is 2. The third kappa shape index (κ3) is 5.11. The average molecular weight is 554 g/mol. The van der Waals surface area contributed by atoms with Crippen molar-refractivity contribution in [3.8, 4) is 0 Å². The second-order valence-electron chi connectivity index (χ2n) is 5.20. The van der Waals surface area contributed by atoms with E-state index in [9.17, 15) is 9.59 Å². The van der Waals surface area contributed by atoms with E-state index in [4.69, 9.17) is 51.8 Å². The van der Waals surface area contributed by atoms with Crippen LogP contribution in [0.15, 0.2) is 36.7 Å². The van der Waals surface area contributed by atoms with E-state index in [1.165, 1.54) is 18.0 Å². The number of hydrogen-bond donors (Lipinski definition) is 0. The normalized spacial score (nSPS) is 11.1. The van der Waals surface area contributed by atoms with Gasteiger partial charge in [-0.1, -0.05) is 0 Å². The first-order valence-electron chi connectivity index (χ1n) is 7.90. The number of carbonyl (C=O) groups is 2. The molecule has 0 saturated carbocycles. The predicted molar refractivity (Wildman–Crippen MR) is 111 cm³/mol. The molecule has 0 bridgehead atoms.